The van der Waals surface area contributed by atoms with E-state index in [2.05, 4.69) is 0 Å². The number of aromatic nitrogens is 1. The van der Waals surface area contributed by atoms with Crippen LogP contribution in [0.3, 0.4) is 0 Å². The van der Waals surface area contributed by atoms with Crippen LogP contribution < -0.4 is 4.74 Å². The Balaban J connectivity index is 1.79. The fourth-order valence-electron chi connectivity index (χ4n) is 3.36. The van der Waals surface area contributed by atoms with Gasteiger partial charge in [0, 0.05) is 23.1 Å². The van der Waals surface area contributed by atoms with Gasteiger partial charge in [0.1, 0.15) is 29.0 Å². The van der Waals surface area contributed by atoms with Crippen molar-refractivity contribution in [2.75, 3.05) is 13.7 Å². The minimum absolute atomic E-state index is 0.322. The van der Waals surface area contributed by atoms with E-state index in [-0.39, 0.29) is 5.57 Å². The van der Waals surface area contributed by atoms with Crippen LogP contribution in [0.5, 0.6) is 5.75 Å². The SMILES string of the molecule is COc1ccc(-n2c(C)cc(/C=C(\C#N)C(=O)OCC(=O)c3ccc(F)cc3F)c2C)cc1. The van der Waals surface area contributed by atoms with Gasteiger partial charge in [-0.05, 0) is 68.0 Å². The molecule has 1 heterocycles. The van der Waals surface area contributed by atoms with Gasteiger partial charge < -0.3 is 14.0 Å². The number of hydrogen-bond acceptors (Lipinski definition) is 5. The van der Waals surface area contributed by atoms with Crippen LogP contribution >= 0.6 is 0 Å². The first-order valence-corrected chi connectivity index (χ1v) is 9.85. The number of Topliss-reactive ketones (excluding diaryl/α,β-unsaturated/α-hetero) is 1. The summed E-state index contributed by atoms with van der Waals surface area (Å²) in [7, 11) is 1.58. The molecule has 8 heteroatoms. The van der Waals surface area contributed by atoms with Gasteiger partial charge in [-0.2, -0.15) is 5.26 Å². The predicted octanol–water partition coefficient (Wildman–Crippen LogP) is 4.71. The average molecular weight is 450 g/mol. The summed E-state index contributed by atoms with van der Waals surface area (Å²) >= 11 is 0. The molecular formula is C25H20F2N2O4. The molecule has 1 aromatic heterocycles. The molecule has 33 heavy (non-hydrogen) atoms. The Morgan fingerprint density at radius 3 is 2.39 bits per heavy atom. The van der Waals surface area contributed by atoms with Crippen LogP contribution in [0.4, 0.5) is 8.78 Å². The molecule has 3 aromatic rings. The van der Waals surface area contributed by atoms with Crippen LogP contribution in [-0.2, 0) is 9.53 Å². The number of hydrogen-bond donors (Lipinski definition) is 0. The second-order valence-electron chi connectivity index (χ2n) is 7.15. The monoisotopic (exact) mass is 450 g/mol. The molecule has 0 aliphatic heterocycles. The average Bonchev–Trinajstić information content (AvgIpc) is 3.08. The summed E-state index contributed by atoms with van der Waals surface area (Å²) in [6.45, 7) is 2.93. The smallest absolute Gasteiger partial charge is 0.349 e. The largest absolute Gasteiger partial charge is 0.497 e. The fourth-order valence-corrected chi connectivity index (χ4v) is 3.36. The Bertz CT molecular complexity index is 1280. The third-order valence-corrected chi connectivity index (χ3v) is 5.01. The van der Waals surface area contributed by atoms with E-state index in [1.165, 1.54) is 6.08 Å². The molecule has 2 aromatic carbocycles. The Kier molecular flexibility index (Phi) is 7.04. The Labute approximate surface area is 189 Å². The highest BCUT2D eigenvalue weighted by Crippen LogP contribution is 2.24. The lowest BCUT2D eigenvalue weighted by molar-refractivity contribution is -0.137. The van der Waals surface area contributed by atoms with Crippen molar-refractivity contribution in [2.24, 2.45) is 0 Å². The number of halogens is 2. The van der Waals surface area contributed by atoms with Crippen molar-refractivity contribution < 1.29 is 27.8 Å². The van der Waals surface area contributed by atoms with E-state index >= 15 is 0 Å². The molecule has 168 valence electrons. The first kappa shape index (κ1) is 23.4. The molecule has 0 amide bonds. The minimum atomic E-state index is -1.06. The third-order valence-electron chi connectivity index (χ3n) is 5.01. The topological polar surface area (TPSA) is 81.3 Å². The third kappa shape index (κ3) is 5.15. The van der Waals surface area contributed by atoms with Gasteiger partial charge in [0.25, 0.3) is 0 Å². The molecule has 0 spiro atoms. The van der Waals surface area contributed by atoms with Gasteiger partial charge in [-0.15, -0.1) is 0 Å². The summed E-state index contributed by atoms with van der Waals surface area (Å²) in [5, 5.41) is 9.43. The number of aryl methyl sites for hydroxylation is 1. The van der Waals surface area contributed by atoms with Crippen molar-refractivity contribution in [1.82, 2.24) is 4.57 Å². The standard InChI is InChI=1S/C25H20F2N2O4/c1-15-10-17(16(2)29(15)20-5-7-21(32-3)8-6-20)11-18(13-28)25(31)33-14-24(30)22-9-4-19(26)12-23(22)27/h4-12H,14H2,1-3H3/b18-11+. The van der Waals surface area contributed by atoms with Crippen molar-refractivity contribution in [3.05, 3.63) is 88.3 Å². The quantitative estimate of drug-likeness (QED) is 0.225. The first-order chi connectivity index (χ1) is 15.7. The molecule has 3 rings (SSSR count). The summed E-state index contributed by atoms with van der Waals surface area (Å²) in [6, 6.07) is 13.4. The lowest BCUT2D eigenvalue weighted by Gasteiger charge is -2.10. The maximum atomic E-state index is 13.7. The van der Waals surface area contributed by atoms with Gasteiger partial charge in [0.2, 0.25) is 5.78 Å². The Morgan fingerprint density at radius 1 is 1.09 bits per heavy atom. The van der Waals surface area contributed by atoms with Gasteiger partial charge in [-0.3, -0.25) is 4.79 Å². The molecule has 0 radical (unpaired) electrons. The van der Waals surface area contributed by atoms with Crippen LogP contribution in [0, 0.1) is 36.8 Å². The van der Waals surface area contributed by atoms with Crippen molar-refractivity contribution in [1.29, 1.82) is 5.26 Å². The second kappa shape index (κ2) is 9.92. The second-order valence-corrected chi connectivity index (χ2v) is 7.15. The van der Waals surface area contributed by atoms with Crippen molar-refractivity contribution >= 4 is 17.8 Å². The normalized spacial score (nSPS) is 11.1. The molecule has 0 aliphatic rings. The van der Waals surface area contributed by atoms with E-state index in [0.717, 1.165) is 29.2 Å². The number of ketones is 1. The number of nitriles is 1. The molecule has 0 saturated carbocycles. The van der Waals surface area contributed by atoms with Gasteiger partial charge in [0.05, 0.1) is 12.7 Å². The maximum absolute atomic E-state index is 13.7. The van der Waals surface area contributed by atoms with Gasteiger partial charge >= 0.3 is 5.97 Å². The Hall–Kier alpha value is -4.25. The van der Waals surface area contributed by atoms with Crippen molar-refractivity contribution in [2.45, 2.75) is 13.8 Å². The van der Waals surface area contributed by atoms with Crippen LogP contribution in [-0.4, -0.2) is 30.0 Å². The van der Waals surface area contributed by atoms with Crippen LogP contribution in [0.15, 0.2) is 54.1 Å². The number of carbonyl (C=O) groups excluding carboxylic acids is 2. The molecule has 0 N–H and O–H groups in total. The zero-order chi connectivity index (χ0) is 24.1. The number of ether oxygens (including phenoxy) is 2. The van der Waals surface area contributed by atoms with E-state index in [1.807, 2.05) is 48.7 Å². The zero-order valence-corrected chi connectivity index (χ0v) is 18.2. The van der Waals surface area contributed by atoms with Gasteiger partial charge in [-0.1, -0.05) is 0 Å². The summed E-state index contributed by atoms with van der Waals surface area (Å²) in [5.74, 6) is -3.05. The highest BCUT2D eigenvalue weighted by atomic mass is 19.1. The number of nitrogens with zero attached hydrogens (tertiary/aromatic N) is 2. The van der Waals surface area contributed by atoms with Crippen LogP contribution in [0.2, 0.25) is 0 Å². The summed E-state index contributed by atoms with van der Waals surface area (Å²) in [4.78, 5) is 24.5. The number of methoxy groups -OCH3 is 1. The summed E-state index contributed by atoms with van der Waals surface area (Å²) < 4.78 is 38.8. The minimum Gasteiger partial charge on any atom is -0.497 e. The molecular weight excluding hydrogens is 430 g/mol. The number of benzene rings is 2. The molecule has 0 saturated heterocycles. The highest BCUT2D eigenvalue weighted by Gasteiger charge is 2.18. The van der Waals surface area contributed by atoms with E-state index in [4.69, 9.17) is 9.47 Å². The highest BCUT2D eigenvalue weighted by molar-refractivity contribution is 6.02. The molecule has 0 fully saturated rings. The van der Waals surface area contributed by atoms with E-state index in [0.29, 0.717) is 17.4 Å². The summed E-state index contributed by atoms with van der Waals surface area (Å²) in [5.41, 5.74) is 2.41. The molecule has 6 nitrogen and oxygen atoms in total. The zero-order valence-electron chi connectivity index (χ0n) is 18.2. The van der Waals surface area contributed by atoms with Crippen LogP contribution in [0.25, 0.3) is 11.8 Å². The molecule has 0 bridgehead atoms. The number of esters is 1. The molecule has 0 aliphatic carbocycles. The number of carbonyl (C=O) groups is 2. The van der Waals surface area contributed by atoms with Crippen molar-refractivity contribution in [3.63, 3.8) is 0 Å². The van der Waals surface area contributed by atoms with Gasteiger partial charge in [0.15, 0.2) is 6.61 Å². The fraction of sp³-hybridized carbons (Fsp3) is 0.160. The van der Waals surface area contributed by atoms with E-state index in [1.54, 1.807) is 13.2 Å². The van der Waals surface area contributed by atoms with Crippen LogP contribution in [0.1, 0.15) is 27.3 Å². The van der Waals surface area contributed by atoms with Crippen molar-refractivity contribution in [3.8, 4) is 17.5 Å². The maximum Gasteiger partial charge on any atom is 0.349 e. The van der Waals surface area contributed by atoms with Gasteiger partial charge in [-0.25, -0.2) is 13.6 Å². The Morgan fingerprint density at radius 2 is 1.79 bits per heavy atom. The number of rotatable bonds is 7. The lowest BCUT2D eigenvalue weighted by atomic mass is 10.1. The first-order valence-electron chi connectivity index (χ1n) is 9.85. The molecule has 0 atom stereocenters. The molecule has 0 unspecified atom stereocenters. The predicted molar refractivity (Wildman–Crippen MR) is 117 cm³/mol. The van der Waals surface area contributed by atoms with E-state index in [9.17, 15) is 23.6 Å². The lowest BCUT2D eigenvalue weighted by Crippen LogP contribution is -2.16. The van der Waals surface area contributed by atoms with E-state index < -0.39 is 35.6 Å². The summed E-state index contributed by atoms with van der Waals surface area (Å²) in [6.07, 6.45) is 1.37.